The molecule has 0 saturated carbocycles. The largest absolute Gasteiger partial charge is 0.459 e. The molecule has 0 N–H and O–H groups in total. The molecule has 0 spiro atoms. The highest BCUT2D eigenvalue weighted by Crippen LogP contribution is 2.14. The summed E-state index contributed by atoms with van der Waals surface area (Å²) in [5.74, 6) is 0.0435. The van der Waals surface area contributed by atoms with Gasteiger partial charge in [-0.1, -0.05) is 0 Å². The number of hydrogen-bond acceptors (Lipinski definition) is 6. The lowest BCUT2D eigenvalue weighted by molar-refractivity contribution is 0.0518. The molecule has 0 aliphatic carbocycles. The number of hydrogen-bond donors (Lipinski definition) is 0. The van der Waals surface area contributed by atoms with Crippen molar-refractivity contribution in [3.8, 4) is 0 Å². The standard InChI is InChI=1S/C17H15N5O3/c23-16(12-10-13-15(20-11-12)19-4-3-18-13)21-5-7-22(8-6-21)17(24)14-2-1-9-25-14/h1-4,9-11H,5-8H2. The van der Waals surface area contributed by atoms with Crippen molar-refractivity contribution in [2.24, 2.45) is 0 Å². The van der Waals surface area contributed by atoms with Crippen LogP contribution >= 0.6 is 0 Å². The van der Waals surface area contributed by atoms with E-state index < -0.39 is 0 Å². The summed E-state index contributed by atoms with van der Waals surface area (Å²) >= 11 is 0. The topological polar surface area (TPSA) is 92.4 Å². The second kappa shape index (κ2) is 6.31. The Bertz CT molecular complexity index is 917. The third-order valence-corrected chi connectivity index (χ3v) is 4.16. The Kier molecular flexibility index (Phi) is 3.85. The highest BCUT2D eigenvalue weighted by atomic mass is 16.3. The van der Waals surface area contributed by atoms with Crippen LogP contribution in [0.1, 0.15) is 20.9 Å². The van der Waals surface area contributed by atoms with E-state index in [1.165, 1.54) is 12.5 Å². The van der Waals surface area contributed by atoms with Crippen LogP contribution in [-0.4, -0.2) is 62.7 Å². The fourth-order valence-electron chi connectivity index (χ4n) is 2.83. The Morgan fingerprint density at radius 2 is 1.68 bits per heavy atom. The predicted octanol–water partition coefficient (Wildman–Crippen LogP) is 1.22. The Balaban J connectivity index is 1.44. The van der Waals surface area contributed by atoms with E-state index in [9.17, 15) is 9.59 Å². The number of fused-ring (bicyclic) bond motifs is 1. The summed E-state index contributed by atoms with van der Waals surface area (Å²) in [4.78, 5) is 40.8. The number of amides is 2. The normalized spacial score (nSPS) is 14.7. The van der Waals surface area contributed by atoms with Gasteiger partial charge in [0.2, 0.25) is 0 Å². The maximum absolute atomic E-state index is 12.7. The van der Waals surface area contributed by atoms with E-state index in [-0.39, 0.29) is 11.8 Å². The van der Waals surface area contributed by atoms with Gasteiger partial charge in [-0.05, 0) is 18.2 Å². The monoisotopic (exact) mass is 337 g/mol. The van der Waals surface area contributed by atoms with Gasteiger partial charge < -0.3 is 14.2 Å². The molecule has 1 saturated heterocycles. The molecule has 1 aliphatic heterocycles. The molecule has 0 unspecified atom stereocenters. The SMILES string of the molecule is O=C(c1cnc2nccnc2c1)N1CCN(C(=O)c2ccco2)CC1. The molecular weight excluding hydrogens is 322 g/mol. The first-order valence-electron chi connectivity index (χ1n) is 7.91. The number of carbonyl (C=O) groups is 2. The molecular formula is C17H15N5O3. The molecule has 8 nitrogen and oxygen atoms in total. The summed E-state index contributed by atoms with van der Waals surface area (Å²) in [6.07, 6.45) is 6.12. The van der Waals surface area contributed by atoms with Gasteiger partial charge >= 0.3 is 0 Å². The van der Waals surface area contributed by atoms with Crippen LogP contribution in [0.4, 0.5) is 0 Å². The molecule has 4 rings (SSSR count). The quantitative estimate of drug-likeness (QED) is 0.698. The first-order chi connectivity index (χ1) is 12.2. The van der Waals surface area contributed by atoms with E-state index in [2.05, 4.69) is 15.0 Å². The van der Waals surface area contributed by atoms with Gasteiger partial charge in [0.1, 0.15) is 5.52 Å². The second-order valence-electron chi connectivity index (χ2n) is 5.68. The van der Waals surface area contributed by atoms with Crippen LogP contribution in [0.5, 0.6) is 0 Å². The fraction of sp³-hybridized carbons (Fsp3) is 0.235. The molecule has 126 valence electrons. The Hall–Kier alpha value is -3.29. The molecule has 25 heavy (non-hydrogen) atoms. The van der Waals surface area contributed by atoms with E-state index >= 15 is 0 Å². The summed E-state index contributed by atoms with van der Waals surface area (Å²) < 4.78 is 5.14. The van der Waals surface area contributed by atoms with Crippen molar-refractivity contribution in [2.75, 3.05) is 26.2 Å². The molecule has 0 radical (unpaired) electrons. The second-order valence-corrected chi connectivity index (χ2v) is 5.68. The van der Waals surface area contributed by atoms with Crippen LogP contribution in [-0.2, 0) is 0 Å². The van der Waals surface area contributed by atoms with Crippen LogP contribution in [0, 0.1) is 0 Å². The smallest absolute Gasteiger partial charge is 0.289 e. The third-order valence-electron chi connectivity index (χ3n) is 4.16. The molecule has 0 atom stereocenters. The van der Waals surface area contributed by atoms with Crippen molar-refractivity contribution in [3.63, 3.8) is 0 Å². The van der Waals surface area contributed by atoms with E-state index in [1.54, 1.807) is 40.4 Å². The molecule has 1 aliphatic rings. The van der Waals surface area contributed by atoms with Crippen molar-refractivity contribution in [3.05, 3.63) is 54.4 Å². The molecule has 8 heteroatoms. The summed E-state index contributed by atoms with van der Waals surface area (Å²) in [6.45, 7) is 1.85. The van der Waals surface area contributed by atoms with Gasteiger partial charge in [-0.3, -0.25) is 14.6 Å². The van der Waals surface area contributed by atoms with Gasteiger partial charge in [0.05, 0.1) is 11.8 Å². The van der Waals surface area contributed by atoms with Gasteiger partial charge in [0.15, 0.2) is 11.4 Å². The van der Waals surface area contributed by atoms with Crippen molar-refractivity contribution < 1.29 is 14.0 Å². The molecule has 2 amide bonds. The Morgan fingerprint density at radius 1 is 0.960 bits per heavy atom. The summed E-state index contributed by atoms with van der Waals surface area (Å²) in [5, 5.41) is 0. The van der Waals surface area contributed by atoms with Crippen LogP contribution in [0.15, 0.2) is 47.5 Å². The van der Waals surface area contributed by atoms with Gasteiger partial charge in [-0.15, -0.1) is 0 Å². The molecule has 3 aromatic rings. The number of piperazine rings is 1. The van der Waals surface area contributed by atoms with E-state index in [0.29, 0.717) is 48.7 Å². The van der Waals surface area contributed by atoms with Gasteiger partial charge in [0, 0.05) is 44.8 Å². The number of carbonyl (C=O) groups excluding carboxylic acids is 2. The molecule has 4 heterocycles. The number of aromatic nitrogens is 3. The fourth-order valence-corrected chi connectivity index (χ4v) is 2.83. The van der Waals surface area contributed by atoms with Crippen LogP contribution in [0.25, 0.3) is 11.2 Å². The lowest BCUT2D eigenvalue weighted by Gasteiger charge is -2.34. The number of pyridine rings is 1. The minimum Gasteiger partial charge on any atom is -0.459 e. The highest BCUT2D eigenvalue weighted by Gasteiger charge is 2.26. The first kappa shape index (κ1) is 15.3. The summed E-state index contributed by atoms with van der Waals surface area (Å²) in [7, 11) is 0. The van der Waals surface area contributed by atoms with E-state index in [0.717, 1.165) is 0 Å². The molecule has 0 bridgehead atoms. The van der Waals surface area contributed by atoms with Crippen molar-refractivity contribution in [2.45, 2.75) is 0 Å². The molecule has 0 aromatic carbocycles. The minimum atomic E-state index is -0.153. The highest BCUT2D eigenvalue weighted by molar-refractivity contribution is 5.96. The average molecular weight is 337 g/mol. The predicted molar refractivity (Wildman–Crippen MR) is 87.8 cm³/mol. The lowest BCUT2D eigenvalue weighted by atomic mass is 10.2. The Labute approximate surface area is 143 Å². The number of nitrogens with zero attached hydrogens (tertiary/aromatic N) is 5. The first-order valence-corrected chi connectivity index (χ1v) is 7.91. The van der Waals surface area contributed by atoms with Crippen molar-refractivity contribution >= 4 is 23.0 Å². The van der Waals surface area contributed by atoms with E-state index in [1.807, 2.05) is 0 Å². The van der Waals surface area contributed by atoms with Crippen LogP contribution < -0.4 is 0 Å². The van der Waals surface area contributed by atoms with E-state index in [4.69, 9.17) is 4.42 Å². The molecule has 3 aromatic heterocycles. The van der Waals surface area contributed by atoms with Gasteiger partial charge in [0.25, 0.3) is 11.8 Å². The van der Waals surface area contributed by atoms with Crippen LogP contribution in [0.3, 0.4) is 0 Å². The zero-order valence-electron chi connectivity index (χ0n) is 13.3. The number of rotatable bonds is 2. The maximum atomic E-state index is 12.7. The van der Waals surface area contributed by atoms with Gasteiger partial charge in [-0.2, -0.15) is 0 Å². The molecule has 1 fully saturated rings. The van der Waals surface area contributed by atoms with Crippen molar-refractivity contribution in [1.82, 2.24) is 24.8 Å². The average Bonchev–Trinajstić information content (AvgIpc) is 3.21. The number of furan rings is 1. The Morgan fingerprint density at radius 3 is 2.40 bits per heavy atom. The lowest BCUT2D eigenvalue weighted by Crippen LogP contribution is -2.50. The summed E-state index contributed by atoms with van der Waals surface area (Å²) in [6, 6.07) is 5.02. The minimum absolute atomic E-state index is 0.120. The maximum Gasteiger partial charge on any atom is 0.289 e. The van der Waals surface area contributed by atoms with Crippen LogP contribution in [0.2, 0.25) is 0 Å². The van der Waals surface area contributed by atoms with Crippen molar-refractivity contribution in [1.29, 1.82) is 0 Å². The zero-order valence-corrected chi connectivity index (χ0v) is 13.3. The summed E-state index contributed by atoms with van der Waals surface area (Å²) in [5.41, 5.74) is 1.56. The third kappa shape index (κ3) is 2.93. The zero-order chi connectivity index (χ0) is 17.2. The van der Waals surface area contributed by atoms with Gasteiger partial charge in [-0.25, -0.2) is 9.97 Å².